The number of fused-ring (bicyclic) bond motifs is 2. The van der Waals surface area contributed by atoms with Crippen molar-refractivity contribution in [2.24, 2.45) is 0 Å². The number of hydrogen-bond donors (Lipinski definition) is 0. The van der Waals surface area contributed by atoms with Gasteiger partial charge in [-0.1, -0.05) is 0 Å². The fourth-order valence-corrected chi connectivity index (χ4v) is 3.33. The summed E-state index contributed by atoms with van der Waals surface area (Å²) < 4.78 is 3.42. The van der Waals surface area contributed by atoms with Crippen LogP contribution >= 0.6 is 0 Å². The first-order valence-corrected chi connectivity index (χ1v) is 8.18. The van der Waals surface area contributed by atoms with Crippen LogP contribution in [0.3, 0.4) is 0 Å². The number of carbonyl (C=O) groups is 1. The highest BCUT2D eigenvalue weighted by Crippen LogP contribution is 2.26. The maximum absolute atomic E-state index is 12.9. The van der Waals surface area contributed by atoms with Crippen molar-refractivity contribution in [3.8, 4) is 0 Å². The molecule has 5 heterocycles. The van der Waals surface area contributed by atoms with E-state index in [9.17, 15) is 4.79 Å². The fraction of sp³-hybridized carbons (Fsp3) is 0.400. The zero-order valence-corrected chi connectivity index (χ0v) is 13.4. The van der Waals surface area contributed by atoms with Crippen LogP contribution in [0.2, 0.25) is 0 Å². The van der Waals surface area contributed by atoms with Gasteiger partial charge in [0, 0.05) is 6.20 Å². The monoisotopic (exact) mass is 340 g/mol. The van der Waals surface area contributed by atoms with E-state index in [2.05, 4.69) is 25.3 Å². The molecule has 2 aliphatic heterocycles. The fourth-order valence-electron chi connectivity index (χ4n) is 3.33. The van der Waals surface area contributed by atoms with Crippen LogP contribution in [0, 0.1) is 0 Å². The molecule has 1 saturated heterocycles. The van der Waals surface area contributed by atoms with Crippen molar-refractivity contribution in [2.45, 2.75) is 19.0 Å². The van der Waals surface area contributed by atoms with Crippen LogP contribution in [-0.2, 0) is 16.2 Å². The molecule has 128 valence electrons. The first-order chi connectivity index (χ1) is 12.3. The lowest BCUT2D eigenvalue weighted by Crippen LogP contribution is -2.46. The molecule has 25 heavy (non-hydrogen) atoms. The summed E-state index contributed by atoms with van der Waals surface area (Å²) in [6, 6.07) is 5.25. The smallest absolute Gasteiger partial charge is 0.272 e. The van der Waals surface area contributed by atoms with Crippen LogP contribution in [0.5, 0.6) is 0 Å². The molecule has 1 amide bonds. The summed E-state index contributed by atoms with van der Waals surface area (Å²) in [4.78, 5) is 20.4. The summed E-state index contributed by atoms with van der Waals surface area (Å²) in [5.41, 5.74) is 1.65. The Bertz CT molecular complexity index is 928. The molecule has 3 aromatic rings. The van der Waals surface area contributed by atoms with Crippen molar-refractivity contribution in [3.63, 3.8) is 0 Å². The van der Waals surface area contributed by atoms with Crippen molar-refractivity contribution < 1.29 is 9.63 Å². The molecule has 0 bridgehead atoms. The Morgan fingerprint density at radius 2 is 2.24 bits per heavy atom. The minimum Gasteiger partial charge on any atom is -0.347 e. The average Bonchev–Trinajstić information content (AvgIpc) is 3.40. The summed E-state index contributed by atoms with van der Waals surface area (Å²) in [6.07, 6.45) is 4.15. The third kappa shape index (κ3) is 2.33. The Morgan fingerprint density at radius 1 is 1.28 bits per heavy atom. The van der Waals surface area contributed by atoms with Gasteiger partial charge in [0.1, 0.15) is 12.1 Å². The van der Waals surface area contributed by atoms with Crippen LogP contribution < -0.4 is 4.90 Å². The Morgan fingerprint density at radius 3 is 3.12 bits per heavy atom. The summed E-state index contributed by atoms with van der Waals surface area (Å²) >= 11 is 0. The molecule has 0 unspecified atom stereocenters. The van der Waals surface area contributed by atoms with Crippen molar-refractivity contribution >= 4 is 17.4 Å². The van der Waals surface area contributed by atoms with Crippen molar-refractivity contribution in [3.05, 3.63) is 36.4 Å². The summed E-state index contributed by atoms with van der Waals surface area (Å²) in [5, 5.41) is 18.2. The van der Waals surface area contributed by atoms with Gasteiger partial charge in [-0.25, -0.2) is 5.06 Å². The molecule has 3 aromatic heterocycles. The lowest BCUT2D eigenvalue weighted by atomic mass is 10.1. The highest BCUT2D eigenvalue weighted by Gasteiger charge is 2.36. The quantitative estimate of drug-likeness (QED) is 0.650. The van der Waals surface area contributed by atoms with E-state index in [0.29, 0.717) is 31.9 Å². The van der Waals surface area contributed by atoms with Crippen LogP contribution in [0.4, 0.5) is 5.82 Å². The Kier molecular flexibility index (Phi) is 3.17. The lowest BCUT2D eigenvalue weighted by Gasteiger charge is -2.34. The summed E-state index contributed by atoms with van der Waals surface area (Å²) in [7, 11) is 0. The Labute approximate surface area is 142 Å². The molecule has 0 radical (unpaired) electrons. The molecule has 5 rings (SSSR count). The van der Waals surface area contributed by atoms with Crippen LogP contribution in [0.15, 0.2) is 30.7 Å². The van der Waals surface area contributed by atoms with Gasteiger partial charge in [0.25, 0.3) is 5.91 Å². The molecule has 0 saturated carbocycles. The minimum absolute atomic E-state index is 0.0717. The van der Waals surface area contributed by atoms with Crippen LogP contribution in [-0.4, -0.2) is 60.3 Å². The second kappa shape index (κ2) is 5.52. The number of nitrogens with zero attached hydrogens (tertiary/aromatic N) is 8. The van der Waals surface area contributed by atoms with E-state index in [1.807, 2.05) is 18.2 Å². The summed E-state index contributed by atoms with van der Waals surface area (Å²) in [5.74, 6) is 0.692. The van der Waals surface area contributed by atoms with Gasteiger partial charge < -0.3 is 4.90 Å². The molecule has 1 atom stereocenters. The number of carbonyl (C=O) groups excluding carboxylic acids is 1. The first-order valence-electron chi connectivity index (χ1n) is 8.18. The highest BCUT2D eigenvalue weighted by atomic mass is 16.7. The maximum Gasteiger partial charge on any atom is 0.272 e. The molecular weight excluding hydrogens is 324 g/mol. The number of rotatable bonds is 2. The number of hydroxylamine groups is 2. The van der Waals surface area contributed by atoms with E-state index in [4.69, 9.17) is 4.84 Å². The van der Waals surface area contributed by atoms with Crippen LogP contribution in [0.25, 0.3) is 5.65 Å². The number of anilines is 1. The standard InChI is InChI=1S/C15H16N8O2/c24-15(22-6-1-7-25-22)12-9-20(8-11-4-5-17-23(11)12)14-3-2-13-18-16-10-21(13)19-14/h2-5,10,12H,1,6-9H2/t12-/m0/s1. The first kappa shape index (κ1) is 14.3. The van der Waals surface area contributed by atoms with Gasteiger partial charge in [0.15, 0.2) is 11.7 Å². The van der Waals surface area contributed by atoms with E-state index in [1.165, 1.54) is 5.06 Å². The van der Waals surface area contributed by atoms with Crippen molar-refractivity contribution in [1.82, 2.24) is 34.7 Å². The van der Waals surface area contributed by atoms with Gasteiger partial charge >= 0.3 is 0 Å². The van der Waals surface area contributed by atoms with Gasteiger partial charge in [0.2, 0.25) is 0 Å². The SMILES string of the molecule is O=C([C@@H]1CN(c2ccc3nncn3n2)Cc2ccnn21)N1CCCO1. The number of amides is 1. The predicted molar refractivity (Wildman–Crippen MR) is 85.4 cm³/mol. The lowest BCUT2D eigenvalue weighted by molar-refractivity contribution is -0.172. The molecule has 10 heteroatoms. The zero-order chi connectivity index (χ0) is 16.8. The molecule has 0 aromatic carbocycles. The number of hydrogen-bond acceptors (Lipinski definition) is 7. The van der Waals surface area contributed by atoms with E-state index >= 15 is 0 Å². The largest absolute Gasteiger partial charge is 0.347 e. The van der Waals surface area contributed by atoms with Gasteiger partial charge in [-0.05, 0) is 24.6 Å². The zero-order valence-electron chi connectivity index (χ0n) is 13.4. The molecule has 0 spiro atoms. The molecule has 0 N–H and O–H groups in total. The van der Waals surface area contributed by atoms with E-state index in [1.54, 1.807) is 21.7 Å². The van der Waals surface area contributed by atoms with Gasteiger partial charge in [0.05, 0.1) is 31.9 Å². The molecule has 2 aliphatic rings. The number of aromatic nitrogens is 6. The minimum atomic E-state index is -0.435. The highest BCUT2D eigenvalue weighted by molar-refractivity contribution is 5.80. The second-order valence-electron chi connectivity index (χ2n) is 6.12. The molecule has 10 nitrogen and oxygen atoms in total. The van der Waals surface area contributed by atoms with E-state index in [-0.39, 0.29) is 5.91 Å². The van der Waals surface area contributed by atoms with Crippen LogP contribution in [0.1, 0.15) is 18.2 Å². The van der Waals surface area contributed by atoms with E-state index < -0.39 is 6.04 Å². The Balaban J connectivity index is 1.49. The van der Waals surface area contributed by atoms with Gasteiger partial charge in [-0.15, -0.1) is 15.3 Å². The predicted octanol–water partition coefficient (Wildman–Crippen LogP) is 0.0460. The van der Waals surface area contributed by atoms with Gasteiger partial charge in [-0.3, -0.25) is 14.3 Å². The maximum atomic E-state index is 12.9. The normalized spacial score (nSPS) is 20.2. The topological polar surface area (TPSA) is 93.7 Å². The summed E-state index contributed by atoms with van der Waals surface area (Å²) in [6.45, 7) is 2.32. The van der Waals surface area contributed by atoms with Gasteiger partial charge in [-0.2, -0.15) is 9.61 Å². The second-order valence-corrected chi connectivity index (χ2v) is 6.12. The molecule has 1 fully saturated rings. The Hall–Kier alpha value is -3.01. The van der Waals surface area contributed by atoms with E-state index in [0.717, 1.165) is 17.9 Å². The van der Waals surface area contributed by atoms with Crippen molar-refractivity contribution in [1.29, 1.82) is 0 Å². The average molecular weight is 340 g/mol. The third-order valence-corrected chi connectivity index (χ3v) is 4.55. The van der Waals surface area contributed by atoms with Crippen molar-refractivity contribution in [2.75, 3.05) is 24.6 Å². The molecular formula is C15H16N8O2. The molecule has 0 aliphatic carbocycles. The third-order valence-electron chi connectivity index (χ3n) is 4.55.